The van der Waals surface area contributed by atoms with Gasteiger partial charge in [0.2, 0.25) is 0 Å². The normalized spacial score (nSPS) is 10.8. The van der Waals surface area contributed by atoms with Crippen molar-refractivity contribution >= 4 is 17.7 Å². The summed E-state index contributed by atoms with van der Waals surface area (Å²) < 4.78 is 9.36. The zero-order chi connectivity index (χ0) is 12.6. The van der Waals surface area contributed by atoms with E-state index in [-0.39, 0.29) is 31.0 Å². The van der Waals surface area contributed by atoms with Crippen LogP contribution >= 0.6 is 0 Å². The Kier molecular flexibility index (Phi) is 6.83. The first kappa shape index (κ1) is 14.3. The van der Waals surface area contributed by atoms with Gasteiger partial charge in [0.1, 0.15) is 5.78 Å². The molecule has 0 amide bonds. The average Bonchev–Trinajstić information content (AvgIpc) is 2.16. The standard InChI is InChI=1S/C11H16O5/c1-4-15-10(13)7-9(6-8(3)12)11(14)16-5-2/h7H,4-6H2,1-3H3/b9-7+. The SMILES string of the molecule is CCOC(=O)/C=C(\CC(C)=O)C(=O)OCC. The van der Waals surface area contributed by atoms with Gasteiger partial charge in [0.15, 0.2) is 0 Å². The molecule has 5 heteroatoms. The molecule has 0 bridgehead atoms. The van der Waals surface area contributed by atoms with E-state index in [2.05, 4.69) is 4.74 Å². The predicted molar refractivity (Wildman–Crippen MR) is 56.6 cm³/mol. The first-order valence-corrected chi connectivity index (χ1v) is 5.05. The van der Waals surface area contributed by atoms with Gasteiger partial charge in [-0.15, -0.1) is 0 Å². The molecule has 0 rings (SSSR count). The van der Waals surface area contributed by atoms with Gasteiger partial charge >= 0.3 is 11.9 Å². The molecule has 0 spiro atoms. The smallest absolute Gasteiger partial charge is 0.334 e. The Bertz CT molecular complexity index is 303. The fourth-order valence-corrected chi connectivity index (χ4v) is 1.00. The third-order valence-electron chi connectivity index (χ3n) is 1.56. The Morgan fingerprint density at radius 3 is 2.06 bits per heavy atom. The molecule has 0 aliphatic heterocycles. The molecule has 0 fully saturated rings. The lowest BCUT2D eigenvalue weighted by Crippen LogP contribution is -2.13. The number of rotatable bonds is 6. The van der Waals surface area contributed by atoms with Crippen LogP contribution in [0.15, 0.2) is 11.6 Å². The summed E-state index contributed by atoms with van der Waals surface area (Å²) in [4.78, 5) is 33.4. The van der Waals surface area contributed by atoms with Crippen LogP contribution in [-0.2, 0) is 23.9 Å². The molecule has 0 aromatic heterocycles. The van der Waals surface area contributed by atoms with Crippen molar-refractivity contribution in [2.45, 2.75) is 27.2 Å². The third-order valence-corrected chi connectivity index (χ3v) is 1.56. The van der Waals surface area contributed by atoms with Crippen molar-refractivity contribution in [3.8, 4) is 0 Å². The first-order chi connectivity index (χ1) is 7.51. The predicted octanol–water partition coefficient (Wildman–Crippen LogP) is 1.02. The highest BCUT2D eigenvalue weighted by atomic mass is 16.5. The summed E-state index contributed by atoms with van der Waals surface area (Å²) >= 11 is 0. The van der Waals surface area contributed by atoms with E-state index in [1.165, 1.54) is 6.92 Å². The topological polar surface area (TPSA) is 69.7 Å². The van der Waals surface area contributed by atoms with Gasteiger partial charge in [0.05, 0.1) is 18.8 Å². The number of ketones is 1. The third kappa shape index (κ3) is 5.95. The summed E-state index contributed by atoms with van der Waals surface area (Å²) in [6, 6.07) is 0. The molecule has 0 saturated heterocycles. The van der Waals surface area contributed by atoms with E-state index in [4.69, 9.17) is 4.74 Å². The van der Waals surface area contributed by atoms with Crippen molar-refractivity contribution < 1.29 is 23.9 Å². The van der Waals surface area contributed by atoms with Crippen molar-refractivity contribution in [3.05, 3.63) is 11.6 Å². The molecule has 0 atom stereocenters. The summed E-state index contributed by atoms with van der Waals surface area (Å²) in [5.74, 6) is -1.53. The van der Waals surface area contributed by atoms with Crippen LogP contribution in [0.3, 0.4) is 0 Å². The van der Waals surface area contributed by atoms with Gasteiger partial charge in [-0.1, -0.05) is 0 Å². The van der Waals surface area contributed by atoms with E-state index in [9.17, 15) is 14.4 Å². The van der Waals surface area contributed by atoms with Crippen molar-refractivity contribution in [1.82, 2.24) is 0 Å². The summed E-state index contributed by atoms with van der Waals surface area (Å²) in [6.45, 7) is 5.04. The van der Waals surface area contributed by atoms with Crippen LogP contribution in [0.5, 0.6) is 0 Å². The van der Waals surface area contributed by atoms with Crippen molar-refractivity contribution in [2.75, 3.05) is 13.2 Å². The maximum atomic E-state index is 11.4. The number of carbonyl (C=O) groups excluding carboxylic acids is 3. The molecule has 0 radical (unpaired) electrons. The molecule has 5 nitrogen and oxygen atoms in total. The van der Waals surface area contributed by atoms with Gasteiger partial charge in [-0.3, -0.25) is 4.79 Å². The highest BCUT2D eigenvalue weighted by Crippen LogP contribution is 2.06. The number of esters is 2. The molecular formula is C11H16O5. The quantitative estimate of drug-likeness (QED) is 0.501. The number of hydrogen-bond donors (Lipinski definition) is 0. The van der Waals surface area contributed by atoms with E-state index in [1.807, 2.05) is 0 Å². The molecule has 0 saturated carbocycles. The summed E-state index contributed by atoms with van der Waals surface area (Å²) in [5.41, 5.74) is 0.0211. The van der Waals surface area contributed by atoms with Crippen molar-refractivity contribution in [1.29, 1.82) is 0 Å². The molecular weight excluding hydrogens is 212 g/mol. The molecule has 0 aromatic rings. The number of Topliss-reactive ketones (excluding diaryl/α,β-unsaturated/α-hetero) is 1. The van der Waals surface area contributed by atoms with Crippen molar-refractivity contribution in [3.63, 3.8) is 0 Å². The van der Waals surface area contributed by atoms with E-state index < -0.39 is 11.9 Å². The van der Waals surface area contributed by atoms with Crippen LogP contribution in [0.2, 0.25) is 0 Å². The highest BCUT2D eigenvalue weighted by molar-refractivity contribution is 6.00. The summed E-state index contributed by atoms with van der Waals surface area (Å²) in [7, 11) is 0. The van der Waals surface area contributed by atoms with Gasteiger partial charge in [-0.05, 0) is 20.8 Å². The Labute approximate surface area is 94.4 Å². The summed E-state index contributed by atoms with van der Waals surface area (Å²) in [6.07, 6.45) is 0.876. The minimum Gasteiger partial charge on any atom is -0.463 e. The van der Waals surface area contributed by atoms with Crippen LogP contribution in [0.4, 0.5) is 0 Å². The monoisotopic (exact) mass is 228 g/mol. The first-order valence-electron chi connectivity index (χ1n) is 5.05. The zero-order valence-electron chi connectivity index (χ0n) is 9.74. The van der Waals surface area contributed by atoms with Gasteiger partial charge in [-0.2, -0.15) is 0 Å². The summed E-state index contributed by atoms with van der Waals surface area (Å²) in [5, 5.41) is 0. The lowest BCUT2D eigenvalue weighted by atomic mass is 10.1. The van der Waals surface area contributed by atoms with E-state index in [0.717, 1.165) is 6.08 Å². The van der Waals surface area contributed by atoms with Crippen LogP contribution in [0.1, 0.15) is 27.2 Å². The minimum atomic E-state index is -0.661. The van der Waals surface area contributed by atoms with E-state index in [0.29, 0.717) is 0 Å². The largest absolute Gasteiger partial charge is 0.463 e. The second-order valence-corrected chi connectivity index (χ2v) is 3.02. The second-order valence-electron chi connectivity index (χ2n) is 3.02. The van der Waals surface area contributed by atoms with Crippen LogP contribution < -0.4 is 0 Å². The molecule has 0 aliphatic carbocycles. The zero-order valence-corrected chi connectivity index (χ0v) is 9.74. The van der Waals surface area contributed by atoms with E-state index >= 15 is 0 Å². The van der Waals surface area contributed by atoms with Gasteiger partial charge < -0.3 is 9.47 Å². The lowest BCUT2D eigenvalue weighted by Gasteiger charge is -2.04. The molecule has 0 heterocycles. The lowest BCUT2D eigenvalue weighted by molar-refractivity contribution is -0.141. The highest BCUT2D eigenvalue weighted by Gasteiger charge is 2.15. The second kappa shape index (κ2) is 7.62. The van der Waals surface area contributed by atoms with Crippen molar-refractivity contribution in [2.24, 2.45) is 0 Å². The number of carbonyl (C=O) groups is 3. The average molecular weight is 228 g/mol. The molecule has 0 aromatic carbocycles. The number of ether oxygens (including phenoxy) is 2. The van der Waals surface area contributed by atoms with Crippen LogP contribution in [0, 0.1) is 0 Å². The Hall–Kier alpha value is -1.65. The Morgan fingerprint density at radius 1 is 1.06 bits per heavy atom. The van der Waals surface area contributed by atoms with Crippen LogP contribution in [-0.4, -0.2) is 30.9 Å². The molecule has 90 valence electrons. The maximum Gasteiger partial charge on any atom is 0.334 e. The Balaban J connectivity index is 4.71. The number of hydrogen-bond acceptors (Lipinski definition) is 5. The fourth-order valence-electron chi connectivity index (χ4n) is 1.00. The van der Waals surface area contributed by atoms with Gasteiger partial charge in [0.25, 0.3) is 0 Å². The molecule has 0 unspecified atom stereocenters. The minimum absolute atomic E-state index is 0.0211. The maximum absolute atomic E-state index is 11.4. The van der Waals surface area contributed by atoms with Gasteiger partial charge in [-0.25, -0.2) is 9.59 Å². The molecule has 0 N–H and O–H groups in total. The molecule has 16 heavy (non-hydrogen) atoms. The van der Waals surface area contributed by atoms with Crippen LogP contribution in [0.25, 0.3) is 0 Å². The Morgan fingerprint density at radius 2 is 1.62 bits per heavy atom. The van der Waals surface area contributed by atoms with Gasteiger partial charge in [0, 0.05) is 12.5 Å². The van der Waals surface area contributed by atoms with E-state index in [1.54, 1.807) is 13.8 Å². The fraction of sp³-hybridized carbons (Fsp3) is 0.545. The molecule has 0 aliphatic rings.